The number of amides is 1. The fourth-order valence-corrected chi connectivity index (χ4v) is 3.90. The molecule has 0 bridgehead atoms. The van der Waals surface area contributed by atoms with Crippen LogP contribution in [0.25, 0.3) is 0 Å². The highest BCUT2D eigenvalue weighted by molar-refractivity contribution is 5.96. The Morgan fingerprint density at radius 1 is 1.00 bits per heavy atom. The highest BCUT2D eigenvalue weighted by atomic mass is 16.5. The number of aromatic amines is 1. The molecule has 0 spiro atoms. The lowest BCUT2D eigenvalue weighted by atomic mass is 10.2. The van der Waals surface area contributed by atoms with Gasteiger partial charge in [-0.15, -0.1) is 0 Å². The van der Waals surface area contributed by atoms with Crippen LogP contribution in [0.4, 0.5) is 11.5 Å². The molecule has 3 aromatic rings. The Morgan fingerprint density at radius 2 is 1.61 bits per heavy atom. The number of nitrogens with zero attached hydrogens (tertiary/aromatic N) is 3. The molecule has 10 heteroatoms. The van der Waals surface area contributed by atoms with Crippen LogP contribution in [0.2, 0.25) is 0 Å². The summed E-state index contributed by atoms with van der Waals surface area (Å²) in [5.41, 5.74) is 6.60. The molecular weight excluding hydrogens is 462 g/mol. The van der Waals surface area contributed by atoms with Crippen molar-refractivity contribution in [3.8, 4) is 0 Å². The zero-order valence-electron chi connectivity index (χ0n) is 20.5. The van der Waals surface area contributed by atoms with Crippen molar-refractivity contribution in [2.24, 2.45) is 0 Å². The maximum Gasteiger partial charge on any atom is 0.330 e. The van der Waals surface area contributed by atoms with Crippen LogP contribution in [-0.2, 0) is 27.4 Å². The largest absolute Gasteiger partial charge is 0.469 e. The quantitative estimate of drug-likeness (QED) is 0.388. The van der Waals surface area contributed by atoms with E-state index in [0.717, 1.165) is 11.1 Å². The Kier molecular flexibility index (Phi) is 9.18. The number of rotatable bonds is 11. The lowest BCUT2D eigenvalue weighted by molar-refractivity contribution is -0.141. The third-order valence-electron chi connectivity index (χ3n) is 5.75. The van der Waals surface area contributed by atoms with Gasteiger partial charge in [0, 0.05) is 19.6 Å². The monoisotopic (exact) mass is 493 g/mol. The summed E-state index contributed by atoms with van der Waals surface area (Å²) in [5.74, 6) is -0.867. The first kappa shape index (κ1) is 26.4. The van der Waals surface area contributed by atoms with Crippen LogP contribution < -0.4 is 21.9 Å². The summed E-state index contributed by atoms with van der Waals surface area (Å²) < 4.78 is 5.98. The summed E-state index contributed by atoms with van der Waals surface area (Å²) in [7, 11) is 1.31. The number of esters is 1. The molecule has 1 heterocycles. The van der Waals surface area contributed by atoms with E-state index < -0.39 is 11.2 Å². The van der Waals surface area contributed by atoms with E-state index in [1.807, 2.05) is 65.6 Å². The van der Waals surface area contributed by atoms with Crippen molar-refractivity contribution in [2.75, 3.05) is 37.4 Å². The topological polar surface area (TPSA) is 131 Å². The van der Waals surface area contributed by atoms with E-state index in [4.69, 9.17) is 10.5 Å². The minimum atomic E-state index is -0.735. The zero-order chi connectivity index (χ0) is 26.1. The Labute approximate surface area is 208 Å². The van der Waals surface area contributed by atoms with Gasteiger partial charge in [0.05, 0.1) is 26.6 Å². The molecule has 190 valence electrons. The predicted molar refractivity (Wildman–Crippen MR) is 138 cm³/mol. The number of nitrogens with two attached hydrogens (primary N) is 1. The second-order valence-electron chi connectivity index (χ2n) is 8.23. The van der Waals surface area contributed by atoms with Crippen molar-refractivity contribution in [1.82, 2.24) is 14.5 Å². The number of aromatic nitrogens is 2. The average molecular weight is 494 g/mol. The van der Waals surface area contributed by atoms with Crippen molar-refractivity contribution in [1.29, 1.82) is 0 Å². The maximum atomic E-state index is 13.4. The zero-order valence-corrected chi connectivity index (χ0v) is 20.5. The number of ether oxygens (including phenoxy) is 1. The van der Waals surface area contributed by atoms with E-state index in [1.54, 1.807) is 6.92 Å². The van der Waals surface area contributed by atoms with Crippen LogP contribution in [0.3, 0.4) is 0 Å². The molecule has 0 aliphatic heterocycles. The summed E-state index contributed by atoms with van der Waals surface area (Å²) >= 11 is 0. The molecule has 1 aromatic heterocycles. The van der Waals surface area contributed by atoms with E-state index in [9.17, 15) is 19.2 Å². The lowest BCUT2D eigenvalue weighted by Gasteiger charge is -2.27. The first-order valence-corrected chi connectivity index (χ1v) is 11.6. The number of nitrogens with one attached hydrogen (secondary N) is 1. The molecule has 0 unspecified atom stereocenters. The molecule has 0 saturated heterocycles. The van der Waals surface area contributed by atoms with Gasteiger partial charge in [0.25, 0.3) is 5.56 Å². The van der Waals surface area contributed by atoms with Gasteiger partial charge in [-0.1, -0.05) is 60.7 Å². The van der Waals surface area contributed by atoms with Crippen LogP contribution >= 0.6 is 0 Å². The Bertz CT molecular complexity index is 1290. The molecule has 10 nitrogen and oxygen atoms in total. The normalized spacial score (nSPS) is 10.9. The molecule has 0 aliphatic rings. The standard InChI is InChI=1S/C26H31N5O5/c1-3-30(21(32)18-29(15-14-22(33)36-2)16-19-10-6-4-7-11-19)23-24(27)31(26(35)28-25(23)34)17-20-12-8-5-9-13-20/h4-13H,3,14-18,27H2,1-2H3,(H,28,34,35). The summed E-state index contributed by atoms with van der Waals surface area (Å²) in [5, 5.41) is 0. The molecule has 36 heavy (non-hydrogen) atoms. The number of methoxy groups -OCH3 is 1. The number of carbonyl (C=O) groups is 2. The molecule has 3 rings (SSSR count). The molecule has 0 atom stereocenters. The number of benzene rings is 2. The van der Waals surface area contributed by atoms with Gasteiger partial charge in [0.2, 0.25) is 5.91 Å². The Morgan fingerprint density at radius 3 is 2.19 bits per heavy atom. The van der Waals surface area contributed by atoms with Crippen LogP contribution in [0.15, 0.2) is 70.3 Å². The van der Waals surface area contributed by atoms with Crippen LogP contribution in [0.1, 0.15) is 24.5 Å². The van der Waals surface area contributed by atoms with E-state index in [2.05, 4.69) is 4.98 Å². The second-order valence-corrected chi connectivity index (χ2v) is 8.23. The molecule has 2 aromatic carbocycles. The predicted octanol–water partition coefficient (Wildman–Crippen LogP) is 1.59. The summed E-state index contributed by atoms with van der Waals surface area (Å²) in [6.07, 6.45) is 0.105. The van der Waals surface area contributed by atoms with Gasteiger partial charge < -0.3 is 15.4 Å². The van der Waals surface area contributed by atoms with Crippen LogP contribution in [0, 0.1) is 0 Å². The summed E-state index contributed by atoms with van der Waals surface area (Å²) in [4.78, 5) is 55.8. The number of H-pyrrole nitrogens is 1. The first-order valence-electron chi connectivity index (χ1n) is 11.6. The third-order valence-corrected chi connectivity index (χ3v) is 5.75. The number of hydrogen-bond acceptors (Lipinski definition) is 7. The molecule has 1 amide bonds. The van der Waals surface area contributed by atoms with Gasteiger partial charge in [0.1, 0.15) is 5.82 Å². The number of nitrogen functional groups attached to an aromatic ring is 1. The van der Waals surface area contributed by atoms with Gasteiger partial charge >= 0.3 is 11.7 Å². The number of hydrogen-bond donors (Lipinski definition) is 2. The minimum absolute atomic E-state index is 0.0730. The number of likely N-dealkylation sites (N-methyl/N-ethyl adjacent to an activating group) is 1. The van der Waals surface area contributed by atoms with Crippen molar-refractivity contribution >= 4 is 23.4 Å². The highest BCUT2D eigenvalue weighted by Crippen LogP contribution is 2.18. The highest BCUT2D eigenvalue weighted by Gasteiger charge is 2.25. The van der Waals surface area contributed by atoms with Crippen molar-refractivity contribution in [3.05, 3.63) is 92.6 Å². The SMILES string of the molecule is CCN(C(=O)CN(CCC(=O)OC)Cc1ccccc1)c1c(N)n(Cc2ccccc2)c(=O)[nH]c1=O. The number of anilines is 2. The average Bonchev–Trinajstić information content (AvgIpc) is 2.88. The molecular formula is C26H31N5O5. The second kappa shape index (κ2) is 12.5. The smallest absolute Gasteiger partial charge is 0.330 e. The van der Waals surface area contributed by atoms with Gasteiger partial charge in [-0.3, -0.25) is 28.8 Å². The van der Waals surface area contributed by atoms with Gasteiger partial charge in [-0.25, -0.2) is 4.79 Å². The van der Waals surface area contributed by atoms with Gasteiger partial charge in [-0.2, -0.15) is 0 Å². The minimum Gasteiger partial charge on any atom is -0.469 e. The van der Waals surface area contributed by atoms with Crippen molar-refractivity contribution in [3.63, 3.8) is 0 Å². The molecule has 0 fully saturated rings. The van der Waals surface area contributed by atoms with E-state index in [0.29, 0.717) is 6.54 Å². The van der Waals surface area contributed by atoms with E-state index in [-0.39, 0.29) is 56.0 Å². The molecule has 3 N–H and O–H groups in total. The molecule has 0 aliphatic carbocycles. The van der Waals surface area contributed by atoms with Crippen molar-refractivity contribution < 1.29 is 14.3 Å². The Hall–Kier alpha value is -4.18. The lowest BCUT2D eigenvalue weighted by Crippen LogP contribution is -2.45. The number of carbonyl (C=O) groups excluding carboxylic acids is 2. The fraction of sp³-hybridized carbons (Fsp3) is 0.308. The van der Waals surface area contributed by atoms with Gasteiger partial charge in [0.15, 0.2) is 5.69 Å². The maximum absolute atomic E-state index is 13.4. The van der Waals surface area contributed by atoms with Crippen molar-refractivity contribution in [2.45, 2.75) is 26.4 Å². The molecule has 0 radical (unpaired) electrons. The van der Waals surface area contributed by atoms with E-state index >= 15 is 0 Å². The Balaban J connectivity index is 1.89. The molecule has 0 saturated carbocycles. The van der Waals surface area contributed by atoms with Crippen LogP contribution in [0.5, 0.6) is 0 Å². The third kappa shape index (κ3) is 6.70. The van der Waals surface area contributed by atoms with Gasteiger partial charge in [-0.05, 0) is 18.1 Å². The fourth-order valence-electron chi connectivity index (χ4n) is 3.90. The van der Waals surface area contributed by atoms with Crippen LogP contribution in [-0.4, -0.2) is 53.1 Å². The summed E-state index contributed by atoms with van der Waals surface area (Å²) in [6.45, 7) is 2.65. The first-order chi connectivity index (χ1) is 17.3. The van der Waals surface area contributed by atoms with E-state index in [1.165, 1.54) is 16.6 Å². The summed E-state index contributed by atoms with van der Waals surface area (Å²) in [6, 6.07) is 18.7.